The molecule has 0 radical (unpaired) electrons. The van der Waals surface area contributed by atoms with Crippen molar-refractivity contribution in [2.24, 2.45) is 0 Å². The third-order valence-corrected chi connectivity index (χ3v) is 6.16. The van der Waals surface area contributed by atoms with Gasteiger partial charge in [0.15, 0.2) is 0 Å². The van der Waals surface area contributed by atoms with E-state index < -0.39 is 0 Å². The highest BCUT2D eigenvalue weighted by Crippen LogP contribution is 2.25. The number of nitrogens with one attached hydrogen (secondary N) is 2. The Morgan fingerprint density at radius 3 is 2.35 bits per heavy atom. The first-order valence-electron chi connectivity index (χ1n) is 11.7. The minimum Gasteiger partial charge on any atom is -0.356 e. The highest BCUT2D eigenvalue weighted by atomic mass is 16.2. The van der Waals surface area contributed by atoms with Crippen molar-refractivity contribution < 1.29 is 14.4 Å². The van der Waals surface area contributed by atoms with Crippen LogP contribution in [0.3, 0.4) is 0 Å². The van der Waals surface area contributed by atoms with E-state index in [-0.39, 0.29) is 36.7 Å². The lowest BCUT2D eigenvalue weighted by molar-refractivity contribution is -0.136. The molecule has 1 atom stereocenters. The minimum absolute atomic E-state index is 0.0301. The summed E-state index contributed by atoms with van der Waals surface area (Å²) < 4.78 is 0. The van der Waals surface area contributed by atoms with Crippen LogP contribution in [0.5, 0.6) is 0 Å². The second-order valence-corrected chi connectivity index (χ2v) is 8.60. The molecule has 1 aromatic carbocycles. The van der Waals surface area contributed by atoms with E-state index >= 15 is 0 Å². The summed E-state index contributed by atoms with van der Waals surface area (Å²) in [5.41, 5.74) is 0.947. The van der Waals surface area contributed by atoms with Crippen LogP contribution in [0.15, 0.2) is 30.3 Å². The van der Waals surface area contributed by atoms with Crippen molar-refractivity contribution in [3.8, 4) is 0 Å². The summed E-state index contributed by atoms with van der Waals surface area (Å²) in [6, 6.07) is 9.38. The molecule has 2 heterocycles. The Morgan fingerprint density at radius 1 is 0.935 bits per heavy atom. The van der Waals surface area contributed by atoms with Crippen LogP contribution in [0.1, 0.15) is 63.0 Å². The van der Waals surface area contributed by atoms with Gasteiger partial charge in [-0.25, -0.2) is 0 Å². The van der Waals surface area contributed by atoms with Crippen LogP contribution in [0.2, 0.25) is 0 Å². The maximum atomic E-state index is 13.2. The van der Waals surface area contributed by atoms with Crippen LogP contribution in [0.4, 0.5) is 0 Å². The van der Waals surface area contributed by atoms with Crippen molar-refractivity contribution in [3.63, 3.8) is 0 Å². The molecule has 2 N–H and O–H groups in total. The lowest BCUT2D eigenvalue weighted by atomic mass is 10.00. The molecule has 2 saturated heterocycles. The summed E-state index contributed by atoms with van der Waals surface area (Å²) >= 11 is 0. The number of carbonyl (C=O) groups is 3. The fourth-order valence-electron chi connectivity index (χ4n) is 4.43. The zero-order valence-electron chi connectivity index (χ0n) is 18.5. The zero-order valence-corrected chi connectivity index (χ0v) is 18.5. The summed E-state index contributed by atoms with van der Waals surface area (Å²) in [7, 11) is 0. The summed E-state index contributed by atoms with van der Waals surface area (Å²) in [5, 5.41) is 5.78. The van der Waals surface area contributed by atoms with Crippen LogP contribution in [0, 0.1) is 0 Å². The van der Waals surface area contributed by atoms with Crippen LogP contribution in [-0.4, -0.2) is 66.8 Å². The van der Waals surface area contributed by atoms with E-state index in [9.17, 15) is 14.4 Å². The zero-order chi connectivity index (χ0) is 21.9. The molecule has 0 saturated carbocycles. The van der Waals surface area contributed by atoms with Gasteiger partial charge >= 0.3 is 0 Å². The molecular weight excluding hydrogens is 392 g/mol. The average molecular weight is 429 g/mol. The Labute approximate surface area is 185 Å². The number of hydrogen-bond donors (Lipinski definition) is 2. The quantitative estimate of drug-likeness (QED) is 0.754. The smallest absolute Gasteiger partial charge is 0.242 e. The van der Waals surface area contributed by atoms with Crippen molar-refractivity contribution in [2.75, 3.05) is 39.3 Å². The predicted molar refractivity (Wildman–Crippen MR) is 120 cm³/mol. The van der Waals surface area contributed by atoms with E-state index in [1.54, 1.807) is 4.90 Å². The normalized spacial score (nSPS) is 21.6. The van der Waals surface area contributed by atoms with Gasteiger partial charge in [-0.2, -0.15) is 0 Å². The predicted octanol–water partition coefficient (Wildman–Crippen LogP) is 2.24. The second-order valence-electron chi connectivity index (χ2n) is 8.60. The Hall–Kier alpha value is -2.41. The van der Waals surface area contributed by atoms with Gasteiger partial charge in [0.1, 0.15) is 0 Å². The molecule has 31 heavy (non-hydrogen) atoms. The molecule has 170 valence electrons. The molecule has 0 aliphatic carbocycles. The molecule has 7 heteroatoms. The third-order valence-electron chi connectivity index (χ3n) is 6.16. The monoisotopic (exact) mass is 428 g/mol. The number of likely N-dealkylation sites (tertiary alicyclic amines) is 1. The van der Waals surface area contributed by atoms with Crippen LogP contribution >= 0.6 is 0 Å². The van der Waals surface area contributed by atoms with Gasteiger partial charge in [0, 0.05) is 13.1 Å². The summed E-state index contributed by atoms with van der Waals surface area (Å²) in [4.78, 5) is 42.0. The van der Waals surface area contributed by atoms with Gasteiger partial charge in [0.05, 0.1) is 25.6 Å². The number of hydrogen-bond acceptors (Lipinski definition) is 4. The van der Waals surface area contributed by atoms with Crippen molar-refractivity contribution in [3.05, 3.63) is 35.9 Å². The number of amides is 3. The molecule has 3 rings (SSSR count). The largest absolute Gasteiger partial charge is 0.356 e. The minimum atomic E-state index is -0.325. The molecular formula is C24H36N4O3. The molecule has 0 aromatic heterocycles. The first kappa shape index (κ1) is 23.3. The van der Waals surface area contributed by atoms with E-state index in [4.69, 9.17) is 0 Å². The molecule has 3 amide bonds. The first-order valence-corrected chi connectivity index (χ1v) is 11.7. The van der Waals surface area contributed by atoms with Gasteiger partial charge in [-0.15, -0.1) is 0 Å². The Bertz CT molecular complexity index is 717. The molecule has 2 aliphatic heterocycles. The third kappa shape index (κ3) is 7.65. The van der Waals surface area contributed by atoms with E-state index in [1.165, 1.54) is 12.8 Å². The molecule has 2 fully saturated rings. The maximum Gasteiger partial charge on any atom is 0.242 e. The Kier molecular flexibility index (Phi) is 9.34. The van der Waals surface area contributed by atoms with E-state index in [1.807, 2.05) is 30.3 Å². The molecule has 0 spiro atoms. The van der Waals surface area contributed by atoms with Gasteiger partial charge in [0.25, 0.3) is 0 Å². The van der Waals surface area contributed by atoms with E-state index in [2.05, 4.69) is 15.5 Å². The van der Waals surface area contributed by atoms with Crippen LogP contribution in [-0.2, 0) is 14.4 Å². The highest BCUT2D eigenvalue weighted by Gasteiger charge is 2.28. The number of nitrogens with zero attached hydrogens (tertiary/aromatic N) is 2. The van der Waals surface area contributed by atoms with Crippen molar-refractivity contribution in [1.82, 2.24) is 20.4 Å². The Morgan fingerprint density at radius 2 is 1.61 bits per heavy atom. The summed E-state index contributed by atoms with van der Waals surface area (Å²) in [5.74, 6) is -0.282. The molecule has 1 unspecified atom stereocenters. The lowest BCUT2D eigenvalue weighted by Gasteiger charge is -2.33. The van der Waals surface area contributed by atoms with E-state index in [0.29, 0.717) is 19.6 Å². The van der Waals surface area contributed by atoms with Gasteiger partial charge in [-0.1, -0.05) is 43.2 Å². The lowest BCUT2D eigenvalue weighted by Crippen LogP contribution is -2.46. The van der Waals surface area contributed by atoms with Crippen molar-refractivity contribution >= 4 is 17.7 Å². The SMILES string of the molecule is O=C1CC(c2ccccc2)N(C(=O)CNC(=O)CN2CCCCCC2)CCCCCN1. The number of benzene rings is 1. The second kappa shape index (κ2) is 12.4. The van der Waals surface area contributed by atoms with Gasteiger partial charge in [-0.3, -0.25) is 19.3 Å². The average Bonchev–Trinajstić information content (AvgIpc) is 3.05. The fourth-order valence-corrected chi connectivity index (χ4v) is 4.43. The molecule has 7 nitrogen and oxygen atoms in total. The van der Waals surface area contributed by atoms with Crippen LogP contribution < -0.4 is 10.6 Å². The van der Waals surface area contributed by atoms with Crippen molar-refractivity contribution in [2.45, 2.75) is 57.4 Å². The van der Waals surface area contributed by atoms with Gasteiger partial charge in [0.2, 0.25) is 17.7 Å². The Balaban J connectivity index is 1.63. The van der Waals surface area contributed by atoms with E-state index in [0.717, 1.165) is 50.8 Å². The standard InChI is InChI=1S/C24H36N4O3/c29-22-17-21(20-11-5-3-6-12-20)28(16-10-4-7-13-25-22)24(31)18-26-23(30)19-27-14-8-1-2-9-15-27/h3,5-6,11-12,21H,1-2,4,7-10,13-19H2,(H,25,29)(H,26,30). The molecule has 0 bridgehead atoms. The fraction of sp³-hybridized carbons (Fsp3) is 0.625. The first-order chi connectivity index (χ1) is 15.1. The number of rotatable bonds is 5. The number of carbonyl (C=O) groups excluding carboxylic acids is 3. The van der Waals surface area contributed by atoms with Crippen LogP contribution in [0.25, 0.3) is 0 Å². The maximum absolute atomic E-state index is 13.2. The molecule has 1 aromatic rings. The van der Waals surface area contributed by atoms with Gasteiger partial charge in [-0.05, 0) is 50.8 Å². The summed E-state index contributed by atoms with van der Waals surface area (Å²) in [6.45, 7) is 3.47. The highest BCUT2D eigenvalue weighted by molar-refractivity contribution is 5.86. The van der Waals surface area contributed by atoms with Crippen molar-refractivity contribution in [1.29, 1.82) is 0 Å². The summed E-state index contributed by atoms with van der Waals surface area (Å²) in [6.07, 6.45) is 7.68. The van der Waals surface area contributed by atoms with Gasteiger partial charge < -0.3 is 15.5 Å². The topological polar surface area (TPSA) is 81.8 Å². The molecule has 2 aliphatic rings.